The van der Waals surface area contributed by atoms with Crippen LogP contribution >= 0.6 is 0 Å². The Labute approximate surface area is 370 Å². The van der Waals surface area contributed by atoms with Crippen LogP contribution in [0.15, 0.2) is 237 Å². The van der Waals surface area contributed by atoms with Gasteiger partial charge in [0, 0.05) is 56.0 Å². The van der Waals surface area contributed by atoms with Crippen LogP contribution < -0.4 is 0 Å². The monoisotopic (exact) mass is 817 g/mol. The van der Waals surface area contributed by atoms with Crippen LogP contribution in [0, 0.1) is 0 Å². The lowest BCUT2D eigenvalue weighted by atomic mass is 9.97. The van der Waals surface area contributed by atoms with Crippen LogP contribution in [0.4, 0.5) is 0 Å². The number of hydrogen-bond donors (Lipinski definition) is 0. The maximum atomic E-state index is 5.01. The Morgan fingerprint density at radius 1 is 0.281 bits per heavy atom. The first-order chi connectivity index (χ1) is 31.7. The highest BCUT2D eigenvalue weighted by Crippen LogP contribution is 2.43. The van der Waals surface area contributed by atoms with Gasteiger partial charge in [0.15, 0.2) is 17.5 Å². The van der Waals surface area contributed by atoms with Crippen molar-refractivity contribution in [1.82, 2.24) is 24.1 Å². The van der Waals surface area contributed by atoms with Crippen molar-refractivity contribution in [3.63, 3.8) is 0 Å². The summed E-state index contributed by atoms with van der Waals surface area (Å²) in [6.07, 6.45) is 2.22. The van der Waals surface area contributed by atoms with Crippen LogP contribution in [-0.4, -0.2) is 24.1 Å². The zero-order chi connectivity index (χ0) is 42.4. The smallest absolute Gasteiger partial charge is 0.164 e. The summed E-state index contributed by atoms with van der Waals surface area (Å²) >= 11 is 0. The summed E-state index contributed by atoms with van der Waals surface area (Å²) in [6, 6.07) is 81.4. The molecule has 12 rings (SSSR count). The molecule has 9 aromatic carbocycles. The third-order valence-corrected chi connectivity index (χ3v) is 12.2. The van der Waals surface area contributed by atoms with E-state index >= 15 is 0 Å². The molecule has 3 heterocycles. The molecular weight excluding hydrogens is 779 g/mol. The van der Waals surface area contributed by atoms with E-state index in [1.54, 1.807) is 0 Å². The highest BCUT2D eigenvalue weighted by atomic mass is 15.0. The Kier molecular flexibility index (Phi) is 9.08. The van der Waals surface area contributed by atoms with E-state index in [0.29, 0.717) is 17.5 Å². The summed E-state index contributed by atoms with van der Waals surface area (Å²) in [4.78, 5) is 14.9. The standard InChI is InChI=1S/C59H39N5/c1-5-18-40(19-6-1)52-39-53-50-32-13-14-33-54(50)64(56(53)51-34-35-63(55(51)52)48-29-11-4-12-30-48)49-31-17-27-46(38-49)44-25-15-24-43(36-44)45-26-16-28-47(37-45)59-61-57(41-20-7-2-8-21-41)60-58(62-59)42-22-9-3-10-23-42/h1-39H. The molecule has 64 heavy (non-hydrogen) atoms. The molecular formula is C59H39N5. The topological polar surface area (TPSA) is 48.5 Å². The van der Waals surface area contributed by atoms with Gasteiger partial charge < -0.3 is 9.13 Å². The fourth-order valence-corrected chi connectivity index (χ4v) is 9.18. The second kappa shape index (κ2) is 15.7. The molecule has 0 amide bonds. The molecule has 3 aromatic heterocycles. The average molecular weight is 818 g/mol. The summed E-state index contributed by atoms with van der Waals surface area (Å²) in [6.45, 7) is 0. The molecule has 5 nitrogen and oxygen atoms in total. The van der Waals surface area contributed by atoms with Gasteiger partial charge in [0.2, 0.25) is 0 Å². The first-order valence-electron chi connectivity index (χ1n) is 21.6. The van der Waals surface area contributed by atoms with E-state index in [4.69, 9.17) is 15.0 Å². The molecule has 0 atom stereocenters. The van der Waals surface area contributed by atoms with Gasteiger partial charge in [0.05, 0.1) is 16.6 Å². The zero-order valence-electron chi connectivity index (χ0n) is 34.8. The number of hydrogen-bond acceptors (Lipinski definition) is 3. The molecule has 0 saturated heterocycles. The van der Waals surface area contributed by atoms with Gasteiger partial charge in [-0.2, -0.15) is 0 Å². The largest absolute Gasteiger partial charge is 0.316 e. The molecule has 0 aliphatic carbocycles. The molecule has 0 aliphatic rings. The van der Waals surface area contributed by atoms with E-state index in [9.17, 15) is 0 Å². The normalized spacial score (nSPS) is 11.4. The van der Waals surface area contributed by atoms with Crippen LogP contribution in [0.25, 0.3) is 112 Å². The van der Waals surface area contributed by atoms with E-state index in [-0.39, 0.29) is 0 Å². The summed E-state index contributed by atoms with van der Waals surface area (Å²) in [5.74, 6) is 1.92. The van der Waals surface area contributed by atoms with Crippen molar-refractivity contribution in [3.05, 3.63) is 237 Å². The van der Waals surface area contributed by atoms with E-state index in [0.717, 1.165) is 50.3 Å². The van der Waals surface area contributed by atoms with Gasteiger partial charge in [0.25, 0.3) is 0 Å². The van der Waals surface area contributed by atoms with Gasteiger partial charge in [-0.15, -0.1) is 0 Å². The van der Waals surface area contributed by atoms with Gasteiger partial charge in [0.1, 0.15) is 0 Å². The summed E-state index contributed by atoms with van der Waals surface area (Å²) in [5.41, 5.74) is 15.5. The number of benzene rings is 9. The van der Waals surface area contributed by atoms with Crippen molar-refractivity contribution in [2.24, 2.45) is 0 Å². The second-order valence-corrected chi connectivity index (χ2v) is 16.1. The Balaban J connectivity index is 0.974. The Bertz CT molecular complexity index is 3590. The first-order valence-corrected chi connectivity index (χ1v) is 21.6. The van der Waals surface area contributed by atoms with Crippen molar-refractivity contribution in [1.29, 1.82) is 0 Å². The Morgan fingerprint density at radius 3 is 1.36 bits per heavy atom. The number of aromatic nitrogens is 5. The second-order valence-electron chi connectivity index (χ2n) is 16.1. The van der Waals surface area contributed by atoms with Gasteiger partial charge in [-0.25, -0.2) is 15.0 Å². The lowest BCUT2D eigenvalue weighted by molar-refractivity contribution is 1.07. The predicted octanol–water partition coefficient (Wildman–Crippen LogP) is 14.9. The molecule has 12 aromatic rings. The number of fused-ring (bicyclic) bond motifs is 5. The Morgan fingerprint density at radius 2 is 0.734 bits per heavy atom. The van der Waals surface area contributed by atoms with Crippen LogP contribution in [-0.2, 0) is 0 Å². The summed E-state index contributed by atoms with van der Waals surface area (Å²) < 4.78 is 4.79. The molecule has 0 saturated carbocycles. The zero-order valence-corrected chi connectivity index (χ0v) is 34.8. The maximum absolute atomic E-state index is 5.01. The van der Waals surface area contributed by atoms with Crippen LogP contribution in [0.1, 0.15) is 0 Å². The van der Waals surface area contributed by atoms with Crippen molar-refractivity contribution >= 4 is 32.7 Å². The number of rotatable bonds is 8. The lowest BCUT2D eigenvalue weighted by Gasteiger charge is -2.14. The van der Waals surface area contributed by atoms with Crippen LogP contribution in [0.3, 0.4) is 0 Å². The van der Waals surface area contributed by atoms with Crippen molar-refractivity contribution in [3.8, 4) is 78.9 Å². The summed E-state index contributed by atoms with van der Waals surface area (Å²) in [7, 11) is 0. The minimum absolute atomic E-state index is 0.633. The molecule has 0 fully saturated rings. The Hall–Kier alpha value is -8.67. The first kappa shape index (κ1) is 37.1. The van der Waals surface area contributed by atoms with Crippen molar-refractivity contribution in [2.45, 2.75) is 0 Å². The highest BCUT2D eigenvalue weighted by molar-refractivity contribution is 6.22. The summed E-state index contributed by atoms with van der Waals surface area (Å²) in [5, 5.41) is 3.65. The molecule has 300 valence electrons. The molecule has 0 unspecified atom stereocenters. The van der Waals surface area contributed by atoms with Crippen LogP contribution in [0.2, 0.25) is 0 Å². The predicted molar refractivity (Wildman–Crippen MR) is 264 cm³/mol. The molecule has 5 heteroatoms. The van der Waals surface area contributed by atoms with Crippen molar-refractivity contribution < 1.29 is 0 Å². The van der Waals surface area contributed by atoms with Gasteiger partial charge >= 0.3 is 0 Å². The highest BCUT2D eigenvalue weighted by Gasteiger charge is 2.21. The number of nitrogens with zero attached hydrogens (tertiary/aromatic N) is 5. The van der Waals surface area contributed by atoms with E-state index in [1.165, 1.54) is 43.8 Å². The quantitative estimate of drug-likeness (QED) is 0.153. The minimum Gasteiger partial charge on any atom is -0.316 e. The van der Waals surface area contributed by atoms with Crippen LogP contribution in [0.5, 0.6) is 0 Å². The van der Waals surface area contributed by atoms with Gasteiger partial charge in [-0.3, -0.25) is 0 Å². The number of para-hydroxylation sites is 2. The van der Waals surface area contributed by atoms with E-state index < -0.39 is 0 Å². The third kappa shape index (κ3) is 6.55. The van der Waals surface area contributed by atoms with E-state index in [2.05, 4.69) is 185 Å². The van der Waals surface area contributed by atoms with Crippen molar-refractivity contribution in [2.75, 3.05) is 0 Å². The molecule has 0 N–H and O–H groups in total. The molecule has 0 bridgehead atoms. The molecule has 0 aliphatic heterocycles. The third-order valence-electron chi connectivity index (χ3n) is 12.2. The minimum atomic E-state index is 0.633. The average Bonchev–Trinajstić information content (AvgIpc) is 3.97. The van der Waals surface area contributed by atoms with Gasteiger partial charge in [-0.1, -0.05) is 176 Å². The lowest BCUT2D eigenvalue weighted by Crippen LogP contribution is -2.00. The van der Waals surface area contributed by atoms with Gasteiger partial charge in [-0.05, 0) is 82.4 Å². The van der Waals surface area contributed by atoms with E-state index in [1.807, 2.05) is 60.7 Å². The SMILES string of the molecule is c1ccc(-c2nc(-c3ccccc3)nc(-c3cccc(-c4cccc(-c5cccc(-n6c7ccccc7c7cc(-c8ccccc8)c8c(ccn8-c8ccccc8)c76)c5)c4)c3)n2)cc1. The maximum Gasteiger partial charge on any atom is 0.164 e. The molecule has 0 radical (unpaired) electrons. The fraction of sp³-hybridized carbons (Fsp3) is 0. The fourth-order valence-electron chi connectivity index (χ4n) is 9.18. The molecule has 0 spiro atoms.